The molecule has 0 N–H and O–H groups in total. The van der Waals surface area contributed by atoms with Crippen LogP contribution in [0.5, 0.6) is 0 Å². The van der Waals surface area contributed by atoms with E-state index in [0.29, 0.717) is 19.3 Å². The van der Waals surface area contributed by atoms with Crippen LogP contribution >= 0.6 is 0 Å². The summed E-state index contributed by atoms with van der Waals surface area (Å²) in [7, 11) is 0. The van der Waals surface area contributed by atoms with Gasteiger partial charge in [-0.3, -0.25) is 14.4 Å². The van der Waals surface area contributed by atoms with Crippen LogP contribution in [0.2, 0.25) is 0 Å². The lowest BCUT2D eigenvalue weighted by Crippen LogP contribution is -2.30. The van der Waals surface area contributed by atoms with Gasteiger partial charge >= 0.3 is 17.9 Å². The van der Waals surface area contributed by atoms with E-state index < -0.39 is 6.10 Å². The minimum atomic E-state index is -0.805. The maximum absolute atomic E-state index is 12.7. The van der Waals surface area contributed by atoms with Gasteiger partial charge in [0.1, 0.15) is 13.2 Å². The summed E-state index contributed by atoms with van der Waals surface area (Å²) < 4.78 is 16.7. The van der Waals surface area contributed by atoms with E-state index in [9.17, 15) is 14.4 Å². The van der Waals surface area contributed by atoms with Gasteiger partial charge in [0.25, 0.3) is 0 Å². The summed E-state index contributed by atoms with van der Waals surface area (Å²) in [5.74, 6) is -0.971. The quantitative estimate of drug-likeness (QED) is 0.0265. The zero-order valence-corrected chi connectivity index (χ0v) is 38.0. The Labute approximate surface area is 362 Å². The Hall–Kier alpha value is -3.67. The second kappa shape index (κ2) is 47.0. The molecule has 0 fully saturated rings. The molecule has 0 amide bonds. The SMILES string of the molecule is CC\C=C/C=C\C=C/C=C\CCCCCCCC(=O)OCC(COC(=O)CCCCCCCCCCCCCCC)OC(=O)CCCCC\C=C/C=C\C=C/C=C\CC. The van der Waals surface area contributed by atoms with E-state index in [0.717, 1.165) is 89.9 Å². The molecular formula is C53H86O6. The molecule has 0 radical (unpaired) electrons. The van der Waals surface area contributed by atoms with Gasteiger partial charge in [-0.15, -0.1) is 0 Å². The zero-order valence-electron chi connectivity index (χ0n) is 38.0. The van der Waals surface area contributed by atoms with Crippen LogP contribution in [-0.4, -0.2) is 37.2 Å². The Bertz CT molecular complexity index is 1220. The molecule has 59 heavy (non-hydrogen) atoms. The molecule has 0 aliphatic rings. The molecular weight excluding hydrogens is 733 g/mol. The van der Waals surface area contributed by atoms with Crippen molar-refractivity contribution < 1.29 is 28.6 Å². The summed E-state index contributed by atoms with van der Waals surface area (Å²) >= 11 is 0. The fourth-order valence-corrected chi connectivity index (χ4v) is 6.23. The van der Waals surface area contributed by atoms with Gasteiger partial charge in [0.2, 0.25) is 0 Å². The first-order valence-electron chi connectivity index (χ1n) is 23.8. The van der Waals surface area contributed by atoms with Gasteiger partial charge in [0, 0.05) is 19.3 Å². The number of carbonyl (C=O) groups is 3. The molecule has 0 aromatic heterocycles. The number of hydrogen-bond acceptors (Lipinski definition) is 6. The summed E-state index contributed by atoms with van der Waals surface area (Å²) in [5, 5.41) is 0. The third kappa shape index (κ3) is 45.3. The van der Waals surface area contributed by atoms with E-state index in [4.69, 9.17) is 14.2 Å². The topological polar surface area (TPSA) is 78.9 Å². The molecule has 0 aromatic rings. The first-order valence-corrected chi connectivity index (χ1v) is 23.8. The van der Waals surface area contributed by atoms with E-state index in [1.807, 2.05) is 60.8 Å². The fourth-order valence-electron chi connectivity index (χ4n) is 6.23. The molecule has 0 bridgehead atoms. The van der Waals surface area contributed by atoms with Gasteiger partial charge in [-0.25, -0.2) is 0 Å². The van der Waals surface area contributed by atoms with Crippen molar-refractivity contribution in [1.29, 1.82) is 0 Å². The summed E-state index contributed by atoms with van der Waals surface area (Å²) in [5.41, 5.74) is 0. The highest BCUT2D eigenvalue weighted by atomic mass is 16.6. The largest absolute Gasteiger partial charge is 0.462 e. The van der Waals surface area contributed by atoms with Gasteiger partial charge in [-0.1, -0.05) is 221 Å². The minimum absolute atomic E-state index is 0.101. The molecule has 6 nitrogen and oxygen atoms in total. The van der Waals surface area contributed by atoms with Crippen molar-refractivity contribution in [2.75, 3.05) is 13.2 Å². The van der Waals surface area contributed by atoms with E-state index in [-0.39, 0.29) is 37.5 Å². The number of allylic oxidation sites excluding steroid dienone is 16. The van der Waals surface area contributed by atoms with Crippen LogP contribution in [0.15, 0.2) is 97.2 Å². The lowest BCUT2D eigenvalue weighted by atomic mass is 10.0. The van der Waals surface area contributed by atoms with Crippen molar-refractivity contribution in [1.82, 2.24) is 0 Å². The lowest BCUT2D eigenvalue weighted by Gasteiger charge is -2.18. The van der Waals surface area contributed by atoms with Gasteiger partial charge in [-0.2, -0.15) is 0 Å². The molecule has 334 valence electrons. The smallest absolute Gasteiger partial charge is 0.306 e. The number of rotatable bonds is 41. The Morgan fingerprint density at radius 3 is 1.05 bits per heavy atom. The second-order valence-electron chi connectivity index (χ2n) is 15.4. The average molecular weight is 819 g/mol. The molecule has 0 aliphatic heterocycles. The van der Waals surface area contributed by atoms with Crippen molar-refractivity contribution in [3.63, 3.8) is 0 Å². The Kier molecular flexibility index (Phi) is 44.1. The third-order valence-electron chi connectivity index (χ3n) is 9.77. The van der Waals surface area contributed by atoms with Crippen molar-refractivity contribution in [2.45, 2.75) is 207 Å². The molecule has 1 atom stereocenters. The fraction of sp³-hybridized carbons (Fsp3) is 0.642. The van der Waals surface area contributed by atoms with Gasteiger partial charge in [0.05, 0.1) is 0 Å². The minimum Gasteiger partial charge on any atom is -0.462 e. The molecule has 0 heterocycles. The number of hydrogen-bond donors (Lipinski definition) is 0. The Morgan fingerprint density at radius 2 is 0.661 bits per heavy atom. The predicted octanol–water partition coefficient (Wildman–Crippen LogP) is 15.4. The molecule has 0 rings (SSSR count). The van der Waals surface area contributed by atoms with E-state index in [2.05, 4.69) is 57.2 Å². The molecule has 0 aromatic carbocycles. The Morgan fingerprint density at radius 1 is 0.356 bits per heavy atom. The number of esters is 3. The van der Waals surface area contributed by atoms with Crippen LogP contribution in [0.4, 0.5) is 0 Å². The second-order valence-corrected chi connectivity index (χ2v) is 15.4. The summed E-state index contributed by atoms with van der Waals surface area (Å²) in [6, 6.07) is 0. The first kappa shape index (κ1) is 55.3. The third-order valence-corrected chi connectivity index (χ3v) is 9.77. The van der Waals surface area contributed by atoms with Crippen molar-refractivity contribution in [2.24, 2.45) is 0 Å². The van der Waals surface area contributed by atoms with Gasteiger partial charge < -0.3 is 14.2 Å². The average Bonchev–Trinajstić information content (AvgIpc) is 3.23. The molecule has 0 saturated carbocycles. The Balaban J connectivity index is 4.50. The highest BCUT2D eigenvalue weighted by Crippen LogP contribution is 2.14. The van der Waals surface area contributed by atoms with Crippen LogP contribution in [0.1, 0.15) is 201 Å². The standard InChI is InChI=1S/C53H86O6/c1-4-7-10-13-16-19-22-25-26-29-31-34-37-40-43-46-52(55)58-49-50(59-53(56)47-44-41-38-35-32-28-24-21-18-15-12-9-6-3)48-57-51(54)45-42-39-36-33-30-27-23-20-17-14-11-8-5-2/h7,9-10,12-13,15-16,18-19,21-22,24-26,28,32,50H,4-6,8,11,14,17,20,23,27,29-31,33-49H2,1-3H3/b10-7-,12-9-,16-13-,18-15-,22-19-,24-21-,26-25-,32-28-. The summed E-state index contributed by atoms with van der Waals surface area (Å²) in [6.07, 6.45) is 61.0. The molecule has 0 saturated heterocycles. The maximum Gasteiger partial charge on any atom is 0.306 e. The number of carbonyl (C=O) groups excluding carboxylic acids is 3. The predicted molar refractivity (Wildman–Crippen MR) is 251 cm³/mol. The van der Waals surface area contributed by atoms with E-state index >= 15 is 0 Å². The van der Waals surface area contributed by atoms with Crippen LogP contribution in [0.3, 0.4) is 0 Å². The normalized spacial score (nSPS) is 12.9. The summed E-state index contributed by atoms with van der Waals surface area (Å²) in [6.45, 7) is 6.28. The van der Waals surface area contributed by atoms with Crippen molar-refractivity contribution >= 4 is 17.9 Å². The van der Waals surface area contributed by atoms with Crippen molar-refractivity contribution in [3.05, 3.63) is 97.2 Å². The first-order chi connectivity index (χ1) is 29.0. The van der Waals surface area contributed by atoms with E-state index in [1.54, 1.807) is 0 Å². The maximum atomic E-state index is 12.7. The van der Waals surface area contributed by atoms with Crippen LogP contribution in [0.25, 0.3) is 0 Å². The summed E-state index contributed by atoms with van der Waals surface area (Å²) in [4.78, 5) is 37.8. The van der Waals surface area contributed by atoms with Crippen molar-refractivity contribution in [3.8, 4) is 0 Å². The molecule has 0 spiro atoms. The molecule has 6 heteroatoms. The molecule has 0 aliphatic carbocycles. The number of unbranched alkanes of at least 4 members (excludes halogenated alkanes) is 20. The zero-order chi connectivity index (χ0) is 43.0. The van der Waals surface area contributed by atoms with Gasteiger partial charge in [0.15, 0.2) is 6.10 Å². The highest BCUT2D eigenvalue weighted by molar-refractivity contribution is 5.71. The van der Waals surface area contributed by atoms with Crippen LogP contribution in [-0.2, 0) is 28.6 Å². The monoisotopic (exact) mass is 819 g/mol. The van der Waals surface area contributed by atoms with Gasteiger partial charge in [-0.05, 0) is 57.8 Å². The number of ether oxygens (including phenoxy) is 3. The highest BCUT2D eigenvalue weighted by Gasteiger charge is 2.19. The lowest BCUT2D eigenvalue weighted by molar-refractivity contribution is -0.167. The molecule has 1 unspecified atom stereocenters. The van der Waals surface area contributed by atoms with Crippen LogP contribution < -0.4 is 0 Å². The van der Waals surface area contributed by atoms with Crippen LogP contribution in [0, 0.1) is 0 Å². The van der Waals surface area contributed by atoms with E-state index in [1.165, 1.54) is 64.2 Å².